The fraction of sp³-hybridized carbons (Fsp3) is 0.455. The first-order chi connectivity index (χ1) is 7.65. The van der Waals surface area contributed by atoms with E-state index < -0.39 is 6.17 Å². The fourth-order valence-corrected chi connectivity index (χ4v) is 2.32. The number of rotatable bonds is 4. The Morgan fingerprint density at radius 2 is 2.06 bits per heavy atom. The van der Waals surface area contributed by atoms with Crippen molar-refractivity contribution in [3.8, 4) is 0 Å². The van der Waals surface area contributed by atoms with Gasteiger partial charge in [-0.2, -0.15) is 0 Å². The van der Waals surface area contributed by atoms with Crippen molar-refractivity contribution in [1.82, 2.24) is 4.90 Å². The number of hydrogen-bond acceptors (Lipinski definition) is 3. The molecule has 1 heterocycles. The topological polar surface area (TPSA) is 46.1 Å². The van der Waals surface area contributed by atoms with Gasteiger partial charge in [0, 0.05) is 15.9 Å². The highest BCUT2D eigenvalue weighted by molar-refractivity contribution is 9.10. The minimum Gasteiger partial charge on any atom is -0.263 e. The fourth-order valence-electron chi connectivity index (χ4n) is 2.05. The van der Waals surface area contributed by atoms with E-state index in [1.54, 1.807) is 0 Å². The van der Waals surface area contributed by atoms with Crippen LogP contribution in [0.5, 0.6) is 0 Å². The van der Waals surface area contributed by atoms with Gasteiger partial charge in [0.25, 0.3) is 6.17 Å². The Balaban J connectivity index is 2.15. The molecule has 16 heavy (non-hydrogen) atoms. The third kappa shape index (κ3) is 2.10. The quantitative estimate of drug-likeness (QED) is 0.485. The lowest BCUT2D eigenvalue weighted by atomic mass is 10.1. The van der Waals surface area contributed by atoms with Crippen LogP contribution in [0, 0.1) is 10.1 Å². The maximum absolute atomic E-state index is 10.9. The van der Waals surface area contributed by atoms with Crippen LogP contribution < -0.4 is 0 Å². The molecular weight excluding hydrogens is 272 g/mol. The zero-order valence-electron chi connectivity index (χ0n) is 8.97. The van der Waals surface area contributed by atoms with Crippen LogP contribution in [0.2, 0.25) is 0 Å². The van der Waals surface area contributed by atoms with Gasteiger partial charge in [-0.25, -0.2) is 4.90 Å². The molecule has 1 aromatic rings. The minimum atomic E-state index is -0.527. The average Bonchev–Trinajstić information content (AvgIpc) is 2.94. The molecule has 0 N–H and O–H groups in total. The summed E-state index contributed by atoms with van der Waals surface area (Å²) in [6, 6.07) is 7.70. The number of hydrogen-bond donors (Lipinski definition) is 0. The first-order valence-electron chi connectivity index (χ1n) is 5.30. The van der Waals surface area contributed by atoms with Gasteiger partial charge in [0.2, 0.25) is 0 Å². The van der Waals surface area contributed by atoms with Crippen molar-refractivity contribution < 1.29 is 4.92 Å². The van der Waals surface area contributed by atoms with Crippen molar-refractivity contribution in [3.05, 3.63) is 44.4 Å². The monoisotopic (exact) mass is 284 g/mol. The molecule has 3 atom stereocenters. The van der Waals surface area contributed by atoms with Crippen LogP contribution in [-0.2, 0) is 0 Å². The largest absolute Gasteiger partial charge is 0.289 e. The van der Waals surface area contributed by atoms with E-state index in [1.165, 1.54) is 0 Å². The van der Waals surface area contributed by atoms with Crippen LogP contribution in [0.4, 0.5) is 0 Å². The Kier molecular flexibility index (Phi) is 3.25. The van der Waals surface area contributed by atoms with Crippen LogP contribution in [0.3, 0.4) is 0 Å². The first kappa shape index (κ1) is 11.5. The van der Waals surface area contributed by atoms with Crippen LogP contribution in [0.25, 0.3) is 0 Å². The summed E-state index contributed by atoms with van der Waals surface area (Å²) in [6.45, 7) is 2.82. The lowest BCUT2D eigenvalue weighted by molar-refractivity contribution is -0.507. The van der Waals surface area contributed by atoms with E-state index in [4.69, 9.17) is 0 Å². The number of nitro groups is 1. The van der Waals surface area contributed by atoms with E-state index in [1.807, 2.05) is 36.1 Å². The molecular formula is C11H13BrN2O2. The summed E-state index contributed by atoms with van der Waals surface area (Å²) in [5.74, 6) is 0. The van der Waals surface area contributed by atoms with E-state index in [0.717, 1.165) is 23.0 Å². The predicted molar refractivity (Wildman–Crippen MR) is 64.7 cm³/mol. The smallest absolute Gasteiger partial charge is 0.263 e. The van der Waals surface area contributed by atoms with Crippen molar-refractivity contribution in [2.45, 2.75) is 25.6 Å². The third-order valence-electron chi connectivity index (χ3n) is 2.80. The second-order valence-electron chi connectivity index (χ2n) is 3.93. The molecule has 0 aliphatic carbocycles. The van der Waals surface area contributed by atoms with Gasteiger partial charge in [0.15, 0.2) is 0 Å². The van der Waals surface area contributed by atoms with E-state index >= 15 is 0 Å². The lowest BCUT2D eigenvalue weighted by Gasteiger charge is -1.98. The molecule has 4 nitrogen and oxygen atoms in total. The van der Waals surface area contributed by atoms with Gasteiger partial charge in [-0.15, -0.1) is 0 Å². The normalized spacial score (nSPS) is 27.8. The Labute approximate surface area is 103 Å². The first-order valence-corrected chi connectivity index (χ1v) is 6.09. The van der Waals surface area contributed by atoms with Gasteiger partial charge < -0.3 is 0 Å². The summed E-state index contributed by atoms with van der Waals surface area (Å²) in [6.07, 6.45) is 0.415. The molecule has 1 unspecified atom stereocenters. The van der Waals surface area contributed by atoms with E-state index in [2.05, 4.69) is 15.9 Å². The molecule has 1 aliphatic rings. The number of benzene rings is 1. The Bertz CT molecular complexity index is 393. The van der Waals surface area contributed by atoms with E-state index in [9.17, 15) is 10.1 Å². The summed E-state index contributed by atoms with van der Waals surface area (Å²) in [4.78, 5) is 12.6. The Morgan fingerprint density at radius 1 is 1.44 bits per heavy atom. The van der Waals surface area contributed by atoms with Gasteiger partial charge in [0.1, 0.15) is 6.04 Å². The summed E-state index contributed by atoms with van der Waals surface area (Å²) >= 11 is 3.36. The molecule has 0 bridgehead atoms. The average molecular weight is 285 g/mol. The van der Waals surface area contributed by atoms with Crippen molar-refractivity contribution >= 4 is 15.9 Å². The maximum Gasteiger partial charge on any atom is 0.289 e. The van der Waals surface area contributed by atoms with Gasteiger partial charge in [0.05, 0.1) is 0 Å². The molecule has 2 rings (SSSR count). The molecule has 0 amide bonds. The van der Waals surface area contributed by atoms with Crippen molar-refractivity contribution in [1.29, 1.82) is 0 Å². The molecule has 0 spiro atoms. The molecule has 1 aromatic carbocycles. The van der Waals surface area contributed by atoms with Gasteiger partial charge in [-0.05, 0) is 24.1 Å². The SMILES string of the molecule is CCCN1[C@H](c2ccc(Br)cc2)[C@H]1[N+](=O)[O-]. The van der Waals surface area contributed by atoms with E-state index in [0.29, 0.717) is 0 Å². The summed E-state index contributed by atoms with van der Waals surface area (Å²) in [5, 5.41) is 10.9. The molecule has 0 aromatic heterocycles. The molecule has 1 saturated heterocycles. The summed E-state index contributed by atoms with van der Waals surface area (Å²) in [5.41, 5.74) is 1.03. The zero-order valence-corrected chi connectivity index (χ0v) is 10.6. The number of halogens is 1. The highest BCUT2D eigenvalue weighted by Gasteiger charge is 2.57. The predicted octanol–water partition coefficient (Wildman–Crippen LogP) is 2.82. The Morgan fingerprint density at radius 3 is 2.56 bits per heavy atom. The van der Waals surface area contributed by atoms with Crippen molar-refractivity contribution in [2.75, 3.05) is 6.54 Å². The number of nitrogens with zero attached hydrogens (tertiary/aromatic N) is 2. The lowest BCUT2D eigenvalue weighted by Crippen LogP contribution is -2.10. The molecule has 0 radical (unpaired) electrons. The molecule has 5 heteroatoms. The van der Waals surface area contributed by atoms with E-state index in [-0.39, 0.29) is 11.0 Å². The van der Waals surface area contributed by atoms with Gasteiger partial charge >= 0.3 is 0 Å². The van der Waals surface area contributed by atoms with Crippen LogP contribution in [0.1, 0.15) is 24.9 Å². The second-order valence-corrected chi connectivity index (χ2v) is 4.85. The minimum absolute atomic E-state index is 0.0388. The van der Waals surface area contributed by atoms with Crippen molar-refractivity contribution in [3.63, 3.8) is 0 Å². The summed E-state index contributed by atoms with van der Waals surface area (Å²) < 4.78 is 0.997. The maximum atomic E-state index is 10.9. The molecule has 1 fully saturated rings. The highest BCUT2D eigenvalue weighted by Crippen LogP contribution is 2.43. The van der Waals surface area contributed by atoms with Crippen molar-refractivity contribution in [2.24, 2.45) is 0 Å². The van der Waals surface area contributed by atoms with Crippen LogP contribution in [0.15, 0.2) is 28.7 Å². The summed E-state index contributed by atoms with van der Waals surface area (Å²) in [7, 11) is 0. The van der Waals surface area contributed by atoms with Crippen LogP contribution in [-0.4, -0.2) is 22.5 Å². The molecule has 0 saturated carbocycles. The second kappa shape index (κ2) is 4.51. The third-order valence-corrected chi connectivity index (χ3v) is 3.33. The highest BCUT2D eigenvalue weighted by atomic mass is 79.9. The Hall–Kier alpha value is -0.940. The van der Waals surface area contributed by atoms with Crippen LogP contribution >= 0.6 is 15.9 Å². The zero-order chi connectivity index (χ0) is 11.7. The van der Waals surface area contributed by atoms with Gasteiger partial charge in [-0.1, -0.05) is 35.0 Å². The van der Waals surface area contributed by atoms with Gasteiger partial charge in [-0.3, -0.25) is 10.1 Å². The standard InChI is InChI=1S/C11H13BrN2O2/c1-2-7-13-10(11(13)14(15)16)8-3-5-9(12)6-4-8/h3-6,10-11H,2,7H2,1H3/t10-,11-,13?/m1/s1. The molecule has 86 valence electrons. The molecule has 1 aliphatic heterocycles.